The molecule has 0 aliphatic heterocycles. The normalized spacial score (nSPS) is 21.7. The maximum atomic E-state index is 5.86. The molecule has 0 saturated heterocycles. The van der Waals surface area contributed by atoms with Crippen LogP contribution >= 0.6 is 0 Å². The van der Waals surface area contributed by atoms with Crippen LogP contribution in [-0.4, -0.2) is 5.16 Å². The average Bonchev–Trinajstić information content (AvgIpc) is 3.22. The lowest BCUT2D eigenvalue weighted by molar-refractivity contribution is 0.422. The molecular weight excluding hydrogens is 248 g/mol. The van der Waals surface area contributed by atoms with Crippen LogP contribution in [0.4, 0.5) is 5.88 Å². The van der Waals surface area contributed by atoms with Crippen molar-refractivity contribution in [3.8, 4) is 0 Å². The Morgan fingerprint density at radius 1 is 1.15 bits per heavy atom. The number of nitrogen functional groups attached to an aromatic ring is 1. The molecule has 1 fully saturated rings. The van der Waals surface area contributed by atoms with E-state index in [2.05, 4.69) is 29.4 Å². The van der Waals surface area contributed by atoms with Gasteiger partial charge in [0.05, 0.1) is 5.69 Å². The lowest BCUT2D eigenvalue weighted by Crippen LogP contribution is -2.11. The summed E-state index contributed by atoms with van der Waals surface area (Å²) in [4.78, 5) is 0. The second-order valence-electron chi connectivity index (χ2n) is 6.24. The summed E-state index contributed by atoms with van der Waals surface area (Å²) in [5.41, 5.74) is 10.9. The number of nitrogens with zero attached hydrogens (tertiary/aromatic N) is 1. The van der Waals surface area contributed by atoms with Crippen LogP contribution in [0.5, 0.6) is 0 Å². The van der Waals surface area contributed by atoms with Gasteiger partial charge in [0, 0.05) is 11.5 Å². The van der Waals surface area contributed by atoms with E-state index in [4.69, 9.17) is 10.3 Å². The SMILES string of the molecule is Nc1onc2c1CCCC2c1ccc(CC2CC2)cc1. The van der Waals surface area contributed by atoms with E-state index in [0.29, 0.717) is 11.8 Å². The topological polar surface area (TPSA) is 52.0 Å². The van der Waals surface area contributed by atoms with Crippen molar-refractivity contribution >= 4 is 5.88 Å². The van der Waals surface area contributed by atoms with Gasteiger partial charge in [-0.05, 0) is 55.6 Å². The predicted octanol–water partition coefficient (Wildman–Crippen LogP) is 3.68. The molecule has 0 radical (unpaired) electrons. The van der Waals surface area contributed by atoms with E-state index in [0.717, 1.165) is 36.4 Å². The molecule has 2 aliphatic carbocycles. The second kappa shape index (κ2) is 4.65. The van der Waals surface area contributed by atoms with Crippen LogP contribution in [0.3, 0.4) is 0 Å². The Kier molecular flexibility index (Phi) is 2.79. The van der Waals surface area contributed by atoms with E-state index in [1.807, 2.05) is 0 Å². The molecule has 0 spiro atoms. The van der Waals surface area contributed by atoms with Crippen LogP contribution < -0.4 is 5.73 Å². The minimum Gasteiger partial charge on any atom is -0.367 e. The van der Waals surface area contributed by atoms with E-state index in [-0.39, 0.29) is 0 Å². The third-order valence-electron chi connectivity index (χ3n) is 4.70. The molecule has 20 heavy (non-hydrogen) atoms. The Labute approximate surface area is 119 Å². The number of hydrogen-bond donors (Lipinski definition) is 1. The van der Waals surface area contributed by atoms with E-state index in [1.54, 1.807) is 0 Å². The monoisotopic (exact) mass is 268 g/mol. The second-order valence-corrected chi connectivity index (χ2v) is 6.24. The third kappa shape index (κ3) is 2.11. The lowest BCUT2D eigenvalue weighted by atomic mass is 9.82. The molecule has 3 heteroatoms. The lowest BCUT2D eigenvalue weighted by Gasteiger charge is -2.21. The fourth-order valence-electron chi connectivity index (χ4n) is 3.35. The zero-order valence-corrected chi connectivity index (χ0v) is 11.6. The number of rotatable bonds is 3. The van der Waals surface area contributed by atoms with Gasteiger partial charge in [-0.3, -0.25) is 0 Å². The summed E-state index contributed by atoms with van der Waals surface area (Å²) in [7, 11) is 0. The fourth-order valence-corrected chi connectivity index (χ4v) is 3.35. The Morgan fingerprint density at radius 3 is 2.70 bits per heavy atom. The van der Waals surface area contributed by atoms with Crippen LogP contribution in [0.2, 0.25) is 0 Å². The molecule has 1 unspecified atom stereocenters. The first-order valence-corrected chi connectivity index (χ1v) is 7.64. The molecule has 1 aromatic heterocycles. The molecule has 4 rings (SSSR count). The van der Waals surface area contributed by atoms with Crippen molar-refractivity contribution in [2.45, 2.75) is 44.4 Å². The fraction of sp³-hybridized carbons (Fsp3) is 0.471. The quantitative estimate of drug-likeness (QED) is 0.924. The number of hydrogen-bond acceptors (Lipinski definition) is 3. The first kappa shape index (κ1) is 12.0. The molecule has 1 aromatic carbocycles. The molecule has 2 aliphatic rings. The van der Waals surface area contributed by atoms with Crippen LogP contribution in [-0.2, 0) is 12.8 Å². The van der Waals surface area contributed by atoms with E-state index in [9.17, 15) is 0 Å². The molecule has 1 atom stereocenters. The molecule has 1 saturated carbocycles. The molecule has 1 heterocycles. The van der Waals surface area contributed by atoms with Gasteiger partial charge in [0.1, 0.15) is 0 Å². The summed E-state index contributed by atoms with van der Waals surface area (Å²) >= 11 is 0. The van der Waals surface area contributed by atoms with Gasteiger partial charge in [-0.1, -0.05) is 29.4 Å². The highest BCUT2D eigenvalue weighted by Gasteiger charge is 2.28. The van der Waals surface area contributed by atoms with Gasteiger partial charge in [-0.2, -0.15) is 0 Å². The molecular formula is C17H20N2O. The summed E-state index contributed by atoms with van der Waals surface area (Å²) in [6, 6.07) is 9.10. The van der Waals surface area contributed by atoms with Gasteiger partial charge < -0.3 is 10.3 Å². The summed E-state index contributed by atoms with van der Waals surface area (Å²) < 4.78 is 5.18. The number of fused-ring (bicyclic) bond motifs is 1. The smallest absolute Gasteiger partial charge is 0.225 e. The summed E-state index contributed by atoms with van der Waals surface area (Å²) in [5, 5.41) is 4.19. The summed E-state index contributed by atoms with van der Waals surface area (Å²) in [5.74, 6) is 1.81. The van der Waals surface area contributed by atoms with E-state index in [1.165, 1.54) is 30.4 Å². The highest BCUT2D eigenvalue weighted by Crippen LogP contribution is 2.38. The van der Waals surface area contributed by atoms with Crippen molar-refractivity contribution in [1.82, 2.24) is 5.16 Å². The summed E-state index contributed by atoms with van der Waals surface area (Å²) in [6.07, 6.45) is 7.36. The number of nitrogens with two attached hydrogens (primary N) is 1. The van der Waals surface area contributed by atoms with Gasteiger partial charge in [0.2, 0.25) is 5.88 Å². The molecule has 0 amide bonds. The van der Waals surface area contributed by atoms with Crippen LogP contribution in [0.15, 0.2) is 28.8 Å². The van der Waals surface area contributed by atoms with Crippen LogP contribution in [0, 0.1) is 5.92 Å². The highest BCUT2D eigenvalue weighted by atomic mass is 16.5. The Morgan fingerprint density at radius 2 is 1.95 bits per heavy atom. The minimum atomic E-state index is 0.356. The van der Waals surface area contributed by atoms with Crippen molar-refractivity contribution < 1.29 is 4.52 Å². The molecule has 0 bridgehead atoms. The van der Waals surface area contributed by atoms with Gasteiger partial charge in [-0.25, -0.2) is 0 Å². The Bertz CT molecular complexity index is 610. The Balaban J connectivity index is 1.60. The van der Waals surface area contributed by atoms with Crippen molar-refractivity contribution in [2.75, 3.05) is 5.73 Å². The number of benzene rings is 1. The molecule has 2 N–H and O–H groups in total. The maximum absolute atomic E-state index is 5.86. The zero-order valence-electron chi connectivity index (χ0n) is 11.6. The standard InChI is InChI=1S/C17H20N2O/c18-17-15-3-1-2-14(16(15)19-20-17)13-8-6-12(7-9-13)10-11-4-5-11/h6-9,11,14H,1-5,10,18H2. The number of anilines is 1. The Hall–Kier alpha value is -1.77. The van der Waals surface area contributed by atoms with Gasteiger partial charge in [0.15, 0.2) is 0 Å². The predicted molar refractivity (Wildman–Crippen MR) is 78.6 cm³/mol. The molecule has 3 nitrogen and oxygen atoms in total. The zero-order chi connectivity index (χ0) is 13.5. The van der Waals surface area contributed by atoms with Crippen molar-refractivity contribution in [2.24, 2.45) is 5.92 Å². The third-order valence-corrected chi connectivity index (χ3v) is 4.70. The van der Waals surface area contributed by atoms with E-state index >= 15 is 0 Å². The van der Waals surface area contributed by atoms with Crippen molar-refractivity contribution in [3.63, 3.8) is 0 Å². The van der Waals surface area contributed by atoms with E-state index < -0.39 is 0 Å². The van der Waals surface area contributed by atoms with Crippen LogP contribution in [0.1, 0.15) is 54.0 Å². The largest absolute Gasteiger partial charge is 0.367 e. The maximum Gasteiger partial charge on any atom is 0.225 e. The first-order chi connectivity index (χ1) is 9.81. The van der Waals surface area contributed by atoms with Gasteiger partial charge in [0.25, 0.3) is 0 Å². The van der Waals surface area contributed by atoms with Crippen molar-refractivity contribution in [3.05, 3.63) is 46.6 Å². The minimum absolute atomic E-state index is 0.356. The van der Waals surface area contributed by atoms with Gasteiger partial charge >= 0.3 is 0 Å². The molecule has 104 valence electrons. The first-order valence-electron chi connectivity index (χ1n) is 7.64. The van der Waals surface area contributed by atoms with Crippen molar-refractivity contribution in [1.29, 1.82) is 0 Å². The highest BCUT2D eigenvalue weighted by molar-refractivity contribution is 5.45. The average molecular weight is 268 g/mol. The number of aromatic nitrogens is 1. The molecule has 2 aromatic rings. The summed E-state index contributed by atoms with van der Waals surface area (Å²) in [6.45, 7) is 0. The van der Waals surface area contributed by atoms with Gasteiger partial charge in [-0.15, -0.1) is 0 Å². The van der Waals surface area contributed by atoms with Crippen LogP contribution in [0.25, 0.3) is 0 Å².